The van der Waals surface area contributed by atoms with E-state index in [0.29, 0.717) is 28.4 Å². The van der Waals surface area contributed by atoms with Crippen LogP contribution in [-0.2, 0) is 10.0 Å². The summed E-state index contributed by atoms with van der Waals surface area (Å²) in [5.74, 6) is 0.861. The Labute approximate surface area is 213 Å². The molecule has 3 heterocycles. The van der Waals surface area contributed by atoms with Gasteiger partial charge in [-0.25, -0.2) is 22.8 Å². The van der Waals surface area contributed by atoms with Crippen LogP contribution in [0.2, 0.25) is 0 Å². The number of aromatic nitrogens is 4. The number of ether oxygens (including phenoxy) is 1. The lowest BCUT2D eigenvalue weighted by Gasteiger charge is -2.13. The molecule has 0 saturated carbocycles. The number of anilines is 2. The fraction of sp³-hybridized carbons (Fsp3) is 0.115. The molecule has 0 aliphatic heterocycles. The van der Waals surface area contributed by atoms with Crippen LogP contribution in [0.1, 0.15) is 5.69 Å². The molecule has 2 aromatic carbocycles. The first-order valence-corrected chi connectivity index (χ1v) is 12.7. The minimum absolute atomic E-state index is 0.284. The first-order valence-electron chi connectivity index (χ1n) is 11.3. The van der Waals surface area contributed by atoms with Crippen molar-refractivity contribution >= 4 is 32.4 Å². The van der Waals surface area contributed by atoms with Crippen LogP contribution in [-0.4, -0.2) is 42.7 Å². The van der Waals surface area contributed by atoms with Crippen LogP contribution >= 0.6 is 0 Å². The van der Waals surface area contributed by atoms with E-state index in [1.54, 1.807) is 30.5 Å². The second-order valence-electron chi connectivity index (χ2n) is 8.52. The second kappa shape index (κ2) is 9.51. The van der Waals surface area contributed by atoms with Crippen LogP contribution in [0.25, 0.3) is 22.2 Å². The van der Waals surface area contributed by atoms with E-state index < -0.39 is 20.7 Å². The summed E-state index contributed by atoms with van der Waals surface area (Å²) < 4.78 is 47.7. The zero-order valence-corrected chi connectivity index (χ0v) is 21.0. The predicted octanol–water partition coefficient (Wildman–Crippen LogP) is 5.13. The average molecular weight is 519 g/mol. The van der Waals surface area contributed by atoms with Gasteiger partial charge in [0, 0.05) is 31.0 Å². The molecule has 37 heavy (non-hydrogen) atoms. The third-order valence-electron chi connectivity index (χ3n) is 5.64. The van der Waals surface area contributed by atoms with Crippen LogP contribution in [0.15, 0.2) is 77.8 Å². The summed E-state index contributed by atoms with van der Waals surface area (Å²) in [6, 6.07) is 17.3. The van der Waals surface area contributed by atoms with E-state index in [2.05, 4.69) is 19.9 Å². The Morgan fingerprint density at radius 3 is 2.46 bits per heavy atom. The summed E-state index contributed by atoms with van der Waals surface area (Å²) in [4.78, 5) is 10.6. The summed E-state index contributed by atoms with van der Waals surface area (Å²) in [6.07, 6.45) is 1.63. The maximum atomic E-state index is 14.0. The molecule has 0 spiro atoms. The normalized spacial score (nSPS) is 11.5. The number of fused-ring (bicyclic) bond motifs is 1. The van der Waals surface area contributed by atoms with Crippen molar-refractivity contribution < 1.29 is 17.5 Å². The van der Waals surface area contributed by atoms with Gasteiger partial charge in [0.15, 0.2) is 0 Å². The molecule has 0 bridgehead atoms. The van der Waals surface area contributed by atoms with Gasteiger partial charge in [-0.2, -0.15) is 5.10 Å². The minimum Gasteiger partial charge on any atom is -0.437 e. The molecule has 0 radical (unpaired) electrons. The summed E-state index contributed by atoms with van der Waals surface area (Å²) >= 11 is 0. The Bertz CT molecular complexity index is 1680. The zero-order valence-electron chi connectivity index (χ0n) is 20.2. The average Bonchev–Trinajstić information content (AvgIpc) is 3.25. The second-order valence-corrected chi connectivity index (χ2v) is 10.2. The van der Waals surface area contributed by atoms with Gasteiger partial charge in [0.1, 0.15) is 22.3 Å². The number of aryl methyl sites for hydroxylation is 1. The lowest BCUT2D eigenvalue weighted by atomic mass is 10.1. The van der Waals surface area contributed by atoms with Gasteiger partial charge >= 0.3 is 0 Å². The van der Waals surface area contributed by atoms with E-state index in [9.17, 15) is 12.8 Å². The van der Waals surface area contributed by atoms with Crippen LogP contribution in [0.3, 0.4) is 0 Å². The van der Waals surface area contributed by atoms with Gasteiger partial charge in [-0.05, 0) is 49.4 Å². The van der Waals surface area contributed by atoms with Crippen molar-refractivity contribution in [1.29, 1.82) is 0 Å². The molecule has 0 unspecified atom stereocenters. The van der Waals surface area contributed by atoms with Crippen molar-refractivity contribution in [3.8, 4) is 22.9 Å². The van der Waals surface area contributed by atoms with Gasteiger partial charge in [0.25, 0.3) is 10.0 Å². The molecule has 0 aliphatic carbocycles. The Hall–Kier alpha value is -4.51. The van der Waals surface area contributed by atoms with E-state index in [0.717, 1.165) is 23.0 Å². The first-order chi connectivity index (χ1) is 17.7. The fourth-order valence-corrected chi connectivity index (χ4v) is 4.90. The predicted molar refractivity (Wildman–Crippen MR) is 140 cm³/mol. The molecule has 0 atom stereocenters. The molecular weight excluding hydrogens is 495 g/mol. The van der Waals surface area contributed by atoms with Crippen molar-refractivity contribution in [3.05, 3.63) is 84.4 Å². The smallest absolute Gasteiger partial charge is 0.264 e. The largest absolute Gasteiger partial charge is 0.437 e. The zero-order chi connectivity index (χ0) is 26.2. The summed E-state index contributed by atoms with van der Waals surface area (Å²) in [7, 11) is -0.271. The van der Waals surface area contributed by atoms with Gasteiger partial charge < -0.3 is 9.64 Å². The third-order valence-corrected chi connectivity index (χ3v) is 7.05. The number of nitrogens with zero attached hydrogens (tertiary/aromatic N) is 4. The molecule has 0 aliphatic rings. The molecule has 9 nitrogen and oxygen atoms in total. The van der Waals surface area contributed by atoms with Crippen molar-refractivity contribution in [2.75, 3.05) is 23.7 Å². The number of benzene rings is 2. The number of sulfonamides is 1. The van der Waals surface area contributed by atoms with Gasteiger partial charge in [-0.15, -0.1) is 0 Å². The van der Waals surface area contributed by atoms with Gasteiger partial charge in [0.05, 0.1) is 22.8 Å². The molecule has 2 N–H and O–H groups in total. The standard InChI is InChI=1S/C26H23FN6O3S/c1-16-25-22(31-30-16)14-21(29-26(25)36-19-12-13-24(28-15-19)33(2)3)17-8-10-18(11-9-17)32-37(34,35)23-7-5-4-6-20(23)27/h4-15,32H,1-3H3,(H,30,31). The SMILES string of the molecule is Cc1[nH]nc2cc(-c3ccc(NS(=O)(=O)c4ccccc4F)cc3)nc(Oc3ccc(N(C)C)nc3)c12. The molecule has 3 aromatic heterocycles. The van der Waals surface area contributed by atoms with Crippen molar-refractivity contribution in [2.45, 2.75) is 11.8 Å². The van der Waals surface area contributed by atoms with E-state index >= 15 is 0 Å². The molecule has 0 saturated heterocycles. The number of rotatable bonds is 7. The number of pyridine rings is 2. The number of aromatic amines is 1. The van der Waals surface area contributed by atoms with Gasteiger partial charge in [-0.1, -0.05) is 24.3 Å². The van der Waals surface area contributed by atoms with Crippen LogP contribution in [0, 0.1) is 12.7 Å². The van der Waals surface area contributed by atoms with Gasteiger partial charge in [-0.3, -0.25) is 9.82 Å². The maximum Gasteiger partial charge on any atom is 0.264 e. The molecule has 5 aromatic rings. The monoisotopic (exact) mass is 518 g/mol. The van der Waals surface area contributed by atoms with Crippen molar-refractivity contribution in [3.63, 3.8) is 0 Å². The number of hydrogen-bond donors (Lipinski definition) is 2. The highest BCUT2D eigenvalue weighted by Gasteiger charge is 2.19. The Kier molecular flexibility index (Phi) is 6.22. The lowest BCUT2D eigenvalue weighted by Crippen LogP contribution is -2.14. The summed E-state index contributed by atoms with van der Waals surface area (Å²) in [5, 5.41) is 8.06. The Morgan fingerprint density at radius 1 is 1.03 bits per heavy atom. The van der Waals surface area contributed by atoms with Crippen LogP contribution in [0.5, 0.6) is 11.6 Å². The van der Waals surface area contributed by atoms with Crippen LogP contribution < -0.4 is 14.4 Å². The summed E-state index contributed by atoms with van der Waals surface area (Å²) in [5.41, 5.74) is 3.05. The van der Waals surface area contributed by atoms with E-state index in [4.69, 9.17) is 9.72 Å². The third kappa shape index (κ3) is 4.94. The Morgan fingerprint density at radius 2 is 1.78 bits per heavy atom. The number of nitrogens with one attached hydrogen (secondary N) is 2. The number of H-pyrrole nitrogens is 1. The Balaban J connectivity index is 1.45. The van der Waals surface area contributed by atoms with Crippen molar-refractivity contribution in [1.82, 2.24) is 20.2 Å². The molecular formula is C26H23FN6O3S. The fourth-order valence-electron chi connectivity index (χ4n) is 3.76. The molecule has 188 valence electrons. The van der Waals surface area contributed by atoms with E-state index in [-0.39, 0.29) is 5.69 Å². The number of halogens is 1. The topological polar surface area (TPSA) is 113 Å². The van der Waals surface area contributed by atoms with Crippen LogP contribution in [0.4, 0.5) is 15.9 Å². The van der Waals surface area contributed by atoms with E-state index in [1.165, 1.54) is 18.2 Å². The van der Waals surface area contributed by atoms with E-state index in [1.807, 2.05) is 44.1 Å². The number of hydrogen-bond acceptors (Lipinski definition) is 7. The van der Waals surface area contributed by atoms with Crippen molar-refractivity contribution in [2.24, 2.45) is 0 Å². The molecule has 11 heteroatoms. The highest BCUT2D eigenvalue weighted by atomic mass is 32.2. The summed E-state index contributed by atoms with van der Waals surface area (Å²) in [6.45, 7) is 1.88. The lowest BCUT2D eigenvalue weighted by molar-refractivity contribution is 0.467. The highest BCUT2D eigenvalue weighted by molar-refractivity contribution is 7.92. The minimum atomic E-state index is -4.08. The van der Waals surface area contributed by atoms with Gasteiger partial charge in [0.2, 0.25) is 5.88 Å². The molecule has 0 fully saturated rings. The quantitative estimate of drug-likeness (QED) is 0.307. The highest BCUT2D eigenvalue weighted by Crippen LogP contribution is 2.33. The molecule has 0 amide bonds. The maximum absolute atomic E-state index is 14.0. The molecule has 5 rings (SSSR count). The first kappa shape index (κ1) is 24.2.